The molecular formula is C19H16F2N2OS2. The van der Waals surface area contributed by atoms with Crippen LogP contribution >= 0.6 is 23.1 Å². The topological polar surface area (TPSA) is 42.0 Å². The third kappa shape index (κ3) is 3.94. The number of thiazole rings is 1. The zero-order chi connectivity index (χ0) is 18.7. The van der Waals surface area contributed by atoms with Crippen molar-refractivity contribution in [1.82, 2.24) is 4.98 Å². The number of hydrogen-bond donors (Lipinski definition) is 1. The van der Waals surface area contributed by atoms with Gasteiger partial charge in [-0.1, -0.05) is 30.3 Å². The van der Waals surface area contributed by atoms with E-state index in [0.717, 1.165) is 27.4 Å². The van der Waals surface area contributed by atoms with E-state index in [9.17, 15) is 13.6 Å². The number of nitrogens with one attached hydrogen (secondary N) is 1. The first kappa shape index (κ1) is 18.5. The van der Waals surface area contributed by atoms with Crippen molar-refractivity contribution in [1.29, 1.82) is 0 Å². The molecule has 0 aliphatic rings. The largest absolute Gasteiger partial charge is 0.321 e. The lowest BCUT2D eigenvalue weighted by atomic mass is 10.0. The van der Waals surface area contributed by atoms with Crippen molar-refractivity contribution in [3.05, 3.63) is 64.1 Å². The summed E-state index contributed by atoms with van der Waals surface area (Å²) in [4.78, 5) is 17.4. The number of para-hydroxylation sites is 1. The fourth-order valence-electron chi connectivity index (χ4n) is 2.55. The molecule has 134 valence electrons. The maximum atomic E-state index is 13.1. The number of nitrogens with zero attached hydrogens (tertiary/aromatic N) is 1. The van der Waals surface area contributed by atoms with Crippen molar-refractivity contribution < 1.29 is 13.6 Å². The molecule has 0 aliphatic carbocycles. The van der Waals surface area contributed by atoms with Crippen LogP contribution in [-0.4, -0.2) is 17.1 Å². The van der Waals surface area contributed by atoms with Gasteiger partial charge in [0.15, 0.2) is 0 Å². The minimum absolute atomic E-state index is 0.0509. The van der Waals surface area contributed by atoms with Gasteiger partial charge in [0.2, 0.25) is 0 Å². The Bertz CT molecular complexity index is 924. The zero-order valence-electron chi connectivity index (χ0n) is 14.1. The summed E-state index contributed by atoms with van der Waals surface area (Å²) >= 11 is 2.62. The first-order valence-electron chi connectivity index (χ1n) is 7.80. The molecule has 0 spiro atoms. The molecule has 0 bridgehead atoms. The molecule has 7 heteroatoms. The van der Waals surface area contributed by atoms with Gasteiger partial charge < -0.3 is 5.32 Å². The lowest BCUT2D eigenvalue weighted by Gasteiger charge is -2.11. The Morgan fingerprint density at radius 1 is 1.15 bits per heavy atom. The normalized spacial score (nSPS) is 11.0. The quantitative estimate of drug-likeness (QED) is 0.541. The highest BCUT2D eigenvalue weighted by molar-refractivity contribution is 7.98. The van der Waals surface area contributed by atoms with Gasteiger partial charge in [0.05, 0.1) is 5.01 Å². The number of amides is 1. The number of carbonyl (C=O) groups excluding carboxylic acids is 1. The van der Waals surface area contributed by atoms with E-state index >= 15 is 0 Å². The van der Waals surface area contributed by atoms with Crippen molar-refractivity contribution in [2.24, 2.45) is 0 Å². The summed E-state index contributed by atoms with van der Waals surface area (Å²) in [6.07, 6.45) is -0.782. The molecule has 0 radical (unpaired) electrons. The minimum atomic E-state index is -2.78. The van der Waals surface area contributed by atoms with Crippen molar-refractivity contribution >= 4 is 34.7 Å². The van der Waals surface area contributed by atoms with Crippen LogP contribution in [0.5, 0.6) is 0 Å². The maximum absolute atomic E-state index is 13.1. The number of aryl methyl sites for hydroxylation is 1. The number of anilines is 1. The van der Waals surface area contributed by atoms with Crippen LogP contribution in [0.4, 0.5) is 14.5 Å². The van der Waals surface area contributed by atoms with Gasteiger partial charge >= 0.3 is 0 Å². The van der Waals surface area contributed by atoms with E-state index in [1.807, 2.05) is 42.7 Å². The molecule has 1 aromatic heterocycles. The Hall–Kier alpha value is -2.25. The van der Waals surface area contributed by atoms with Crippen LogP contribution in [0.25, 0.3) is 11.1 Å². The molecule has 0 saturated heterocycles. The van der Waals surface area contributed by atoms with Gasteiger partial charge in [0.25, 0.3) is 12.3 Å². The Kier molecular flexibility index (Phi) is 5.68. The minimum Gasteiger partial charge on any atom is -0.321 e. The molecule has 3 nitrogen and oxygen atoms in total. The van der Waals surface area contributed by atoms with Crippen LogP contribution in [0.3, 0.4) is 0 Å². The SMILES string of the molecule is CSc1ccc(-c2ccccc2NC(=O)c2sc(C)nc2C(F)F)cc1. The van der Waals surface area contributed by atoms with Crippen LogP contribution in [0, 0.1) is 6.92 Å². The van der Waals surface area contributed by atoms with E-state index in [2.05, 4.69) is 10.3 Å². The van der Waals surface area contributed by atoms with Crippen molar-refractivity contribution in [2.45, 2.75) is 18.2 Å². The molecule has 1 heterocycles. The van der Waals surface area contributed by atoms with Gasteiger partial charge in [-0.25, -0.2) is 13.8 Å². The van der Waals surface area contributed by atoms with Crippen LogP contribution in [0.2, 0.25) is 0 Å². The molecule has 0 saturated carbocycles. The molecule has 0 fully saturated rings. The molecule has 0 aliphatic heterocycles. The predicted octanol–water partition coefficient (Wildman–Crippen LogP) is 6.03. The second kappa shape index (κ2) is 7.97. The highest BCUT2D eigenvalue weighted by Gasteiger charge is 2.24. The first-order chi connectivity index (χ1) is 12.5. The van der Waals surface area contributed by atoms with Gasteiger partial charge in [0, 0.05) is 16.1 Å². The number of benzene rings is 2. The number of halogens is 2. The fraction of sp³-hybridized carbons (Fsp3) is 0.158. The second-order valence-electron chi connectivity index (χ2n) is 5.48. The first-order valence-corrected chi connectivity index (χ1v) is 9.84. The number of aromatic nitrogens is 1. The van der Waals surface area contributed by atoms with Crippen molar-refractivity contribution in [3.8, 4) is 11.1 Å². The average Bonchev–Trinajstić information content (AvgIpc) is 3.05. The average molecular weight is 390 g/mol. The lowest BCUT2D eigenvalue weighted by molar-refractivity contribution is 0.101. The van der Waals surface area contributed by atoms with E-state index in [1.54, 1.807) is 30.8 Å². The van der Waals surface area contributed by atoms with Crippen LogP contribution in [-0.2, 0) is 0 Å². The van der Waals surface area contributed by atoms with Crippen LogP contribution in [0.1, 0.15) is 26.8 Å². The smallest absolute Gasteiger partial charge is 0.282 e. The lowest BCUT2D eigenvalue weighted by Crippen LogP contribution is -2.13. The number of rotatable bonds is 5. The Morgan fingerprint density at radius 3 is 2.50 bits per heavy atom. The van der Waals surface area contributed by atoms with Gasteiger partial charge in [-0.3, -0.25) is 4.79 Å². The fourth-order valence-corrected chi connectivity index (χ4v) is 3.78. The molecule has 2 aromatic carbocycles. The molecule has 0 atom stereocenters. The predicted molar refractivity (Wildman–Crippen MR) is 103 cm³/mol. The third-order valence-electron chi connectivity index (χ3n) is 3.75. The molecular weight excluding hydrogens is 374 g/mol. The van der Waals surface area contributed by atoms with Gasteiger partial charge in [-0.2, -0.15) is 0 Å². The van der Waals surface area contributed by atoms with Crippen molar-refractivity contribution in [3.63, 3.8) is 0 Å². The van der Waals surface area contributed by atoms with Crippen molar-refractivity contribution in [2.75, 3.05) is 11.6 Å². The zero-order valence-corrected chi connectivity index (χ0v) is 15.8. The highest BCUT2D eigenvalue weighted by atomic mass is 32.2. The maximum Gasteiger partial charge on any atom is 0.282 e. The molecule has 3 aromatic rings. The third-order valence-corrected chi connectivity index (χ3v) is 5.48. The van der Waals surface area contributed by atoms with E-state index in [4.69, 9.17) is 0 Å². The Balaban J connectivity index is 1.92. The summed E-state index contributed by atoms with van der Waals surface area (Å²) in [6.45, 7) is 1.61. The number of alkyl halides is 2. The molecule has 3 rings (SSSR count). The molecule has 1 amide bonds. The van der Waals surface area contributed by atoms with E-state index in [1.165, 1.54) is 0 Å². The van der Waals surface area contributed by atoms with Gasteiger partial charge in [-0.15, -0.1) is 23.1 Å². The highest BCUT2D eigenvalue weighted by Crippen LogP contribution is 2.32. The van der Waals surface area contributed by atoms with Crippen LogP contribution in [0.15, 0.2) is 53.4 Å². The standard InChI is InChI=1S/C19H16F2N2OS2/c1-11-22-16(18(20)21)17(26-11)19(24)23-15-6-4-3-5-14(15)12-7-9-13(25-2)10-8-12/h3-10,18H,1-2H3,(H,23,24). The van der Waals surface area contributed by atoms with E-state index in [-0.39, 0.29) is 4.88 Å². The number of hydrogen-bond acceptors (Lipinski definition) is 4. The summed E-state index contributed by atoms with van der Waals surface area (Å²) in [5.41, 5.74) is 1.87. The molecule has 0 unspecified atom stereocenters. The number of carbonyl (C=O) groups is 1. The molecule has 1 N–H and O–H groups in total. The summed E-state index contributed by atoms with van der Waals surface area (Å²) < 4.78 is 26.2. The van der Waals surface area contributed by atoms with Gasteiger partial charge in [-0.05, 0) is 36.9 Å². The molecule has 26 heavy (non-hydrogen) atoms. The van der Waals surface area contributed by atoms with E-state index in [0.29, 0.717) is 10.7 Å². The summed E-state index contributed by atoms with van der Waals surface area (Å²) in [6, 6.07) is 15.2. The summed E-state index contributed by atoms with van der Waals surface area (Å²) in [7, 11) is 0. The number of thioether (sulfide) groups is 1. The Labute approximate surface area is 158 Å². The summed E-state index contributed by atoms with van der Waals surface area (Å²) in [5, 5.41) is 3.19. The monoisotopic (exact) mass is 390 g/mol. The Morgan fingerprint density at radius 2 is 1.85 bits per heavy atom. The second-order valence-corrected chi connectivity index (χ2v) is 7.56. The summed E-state index contributed by atoms with van der Waals surface area (Å²) in [5.74, 6) is -0.570. The van der Waals surface area contributed by atoms with E-state index < -0.39 is 18.0 Å². The van der Waals surface area contributed by atoms with Gasteiger partial charge in [0.1, 0.15) is 10.6 Å². The van der Waals surface area contributed by atoms with Crippen LogP contribution < -0.4 is 5.32 Å².